The molecule has 0 fully saturated rings. The summed E-state index contributed by atoms with van der Waals surface area (Å²) in [5.41, 5.74) is 3.15. The third-order valence-corrected chi connectivity index (χ3v) is 5.22. The number of hydrogen-bond acceptors (Lipinski definition) is 5. The molecule has 0 saturated carbocycles. The Morgan fingerprint density at radius 1 is 1.03 bits per heavy atom. The number of carbonyl (C=O) groups excluding carboxylic acids is 2. The third-order valence-electron chi connectivity index (χ3n) is 5.22. The van der Waals surface area contributed by atoms with Crippen LogP contribution in [0.4, 0.5) is 0 Å². The van der Waals surface area contributed by atoms with E-state index in [1.165, 1.54) is 12.4 Å². The van der Waals surface area contributed by atoms with E-state index < -0.39 is 17.7 Å². The minimum absolute atomic E-state index is 0.0936. The summed E-state index contributed by atoms with van der Waals surface area (Å²) >= 11 is 0. The van der Waals surface area contributed by atoms with E-state index in [0.29, 0.717) is 18.5 Å². The first-order valence-electron chi connectivity index (χ1n) is 9.71. The maximum absolute atomic E-state index is 13.2. The number of nitrogens with zero attached hydrogens (tertiary/aromatic N) is 3. The molecule has 3 heterocycles. The van der Waals surface area contributed by atoms with Crippen molar-refractivity contribution in [3.63, 3.8) is 0 Å². The largest absolute Gasteiger partial charge is 0.503 e. The van der Waals surface area contributed by atoms with E-state index in [9.17, 15) is 14.7 Å². The van der Waals surface area contributed by atoms with Gasteiger partial charge in [-0.25, -0.2) is 0 Å². The molecule has 1 aliphatic heterocycles. The van der Waals surface area contributed by atoms with Crippen molar-refractivity contribution in [2.24, 2.45) is 0 Å². The smallest absolute Gasteiger partial charge is 0.290 e. The fourth-order valence-corrected chi connectivity index (χ4v) is 3.65. The van der Waals surface area contributed by atoms with Crippen molar-refractivity contribution in [2.45, 2.75) is 19.4 Å². The predicted molar refractivity (Wildman–Crippen MR) is 112 cm³/mol. The van der Waals surface area contributed by atoms with E-state index in [4.69, 9.17) is 0 Å². The summed E-state index contributed by atoms with van der Waals surface area (Å²) in [6, 6.07) is 15.7. The first kappa shape index (κ1) is 19.5. The van der Waals surface area contributed by atoms with Crippen LogP contribution >= 0.6 is 0 Å². The molecule has 0 saturated heterocycles. The lowest BCUT2D eigenvalue weighted by molar-refractivity contribution is -0.129. The van der Waals surface area contributed by atoms with Crippen LogP contribution in [0.1, 0.15) is 33.2 Å². The summed E-state index contributed by atoms with van der Waals surface area (Å²) in [7, 11) is 0. The second kappa shape index (κ2) is 8.29. The highest BCUT2D eigenvalue weighted by molar-refractivity contribution is 6.16. The molecule has 1 N–H and O–H groups in total. The molecular weight excluding hydrogens is 378 g/mol. The van der Waals surface area contributed by atoms with Gasteiger partial charge in [-0.1, -0.05) is 35.9 Å². The highest BCUT2D eigenvalue weighted by Crippen LogP contribution is 2.39. The number of hydrogen-bond donors (Lipinski definition) is 1. The highest BCUT2D eigenvalue weighted by Gasteiger charge is 2.43. The van der Waals surface area contributed by atoms with Crippen LogP contribution in [-0.4, -0.2) is 38.2 Å². The van der Waals surface area contributed by atoms with Crippen molar-refractivity contribution in [3.05, 3.63) is 107 Å². The zero-order chi connectivity index (χ0) is 21.1. The molecule has 3 aromatic rings. The van der Waals surface area contributed by atoms with Crippen molar-refractivity contribution in [2.75, 3.05) is 6.54 Å². The Bertz CT molecular complexity index is 1090. The van der Waals surface area contributed by atoms with Gasteiger partial charge in [-0.05, 0) is 36.8 Å². The van der Waals surface area contributed by atoms with Gasteiger partial charge in [0, 0.05) is 42.8 Å². The second-order valence-electron chi connectivity index (χ2n) is 7.21. The Kier molecular flexibility index (Phi) is 5.39. The molecule has 0 radical (unpaired) electrons. The van der Waals surface area contributed by atoms with Gasteiger partial charge in [-0.15, -0.1) is 0 Å². The summed E-state index contributed by atoms with van der Waals surface area (Å²) in [4.78, 5) is 36.0. The van der Waals surface area contributed by atoms with E-state index in [1.54, 1.807) is 23.2 Å². The van der Waals surface area contributed by atoms with Crippen molar-refractivity contribution >= 4 is 11.7 Å². The van der Waals surface area contributed by atoms with Gasteiger partial charge in [0.15, 0.2) is 11.5 Å². The minimum Gasteiger partial charge on any atom is -0.503 e. The number of amides is 1. The van der Waals surface area contributed by atoms with E-state index in [0.717, 1.165) is 16.8 Å². The number of ketones is 1. The Labute approximate surface area is 174 Å². The lowest BCUT2D eigenvalue weighted by Crippen LogP contribution is -2.33. The normalized spacial score (nSPS) is 16.2. The average molecular weight is 399 g/mol. The number of aryl methyl sites for hydroxylation is 1. The van der Waals surface area contributed by atoms with E-state index in [-0.39, 0.29) is 11.4 Å². The molecular formula is C24H21N3O3. The van der Waals surface area contributed by atoms with Crippen LogP contribution in [0, 0.1) is 6.92 Å². The molecule has 4 rings (SSSR count). The number of rotatable bonds is 6. The third kappa shape index (κ3) is 3.72. The summed E-state index contributed by atoms with van der Waals surface area (Å²) in [5.74, 6) is -1.42. The summed E-state index contributed by atoms with van der Waals surface area (Å²) < 4.78 is 0. The lowest BCUT2D eigenvalue weighted by atomic mass is 9.92. The number of pyridine rings is 2. The predicted octanol–water partition coefficient (Wildman–Crippen LogP) is 3.61. The zero-order valence-corrected chi connectivity index (χ0v) is 16.5. The van der Waals surface area contributed by atoms with Crippen LogP contribution in [0.15, 0.2) is 84.5 Å². The molecule has 1 atom stereocenters. The monoisotopic (exact) mass is 399 g/mol. The van der Waals surface area contributed by atoms with Gasteiger partial charge in [0.05, 0.1) is 11.6 Å². The number of aliphatic hydroxyl groups is 1. The van der Waals surface area contributed by atoms with E-state index >= 15 is 0 Å². The van der Waals surface area contributed by atoms with Gasteiger partial charge >= 0.3 is 0 Å². The van der Waals surface area contributed by atoms with Gasteiger partial charge in [0.25, 0.3) is 5.91 Å². The van der Waals surface area contributed by atoms with Crippen molar-refractivity contribution in [1.29, 1.82) is 0 Å². The molecule has 6 nitrogen and oxygen atoms in total. The highest BCUT2D eigenvalue weighted by atomic mass is 16.3. The molecule has 0 aliphatic carbocycles. The summed E-state index contributed by atoms with van der Waals surface area (Å²) in [6.07, 6.45) is 5.24. The molecule has 1 aromatic carbocycles. The van der Waals surface area contributed by atoms with Crippen LogP contribution < -0.4 is 0 Å². The second-order valence-corrected chi connectivity index (χ2v) is 7.21. The molecule has 1 unspecified atom stereocenters. The first-order chi connectivity index (χ1) is 14.6. The molecule has 6 heteroatoms. The fourth-order valence-electron chi connectivity index (χ4n) is 3.65. The molecule has 1 aliphatic rings. The number of carbonyl (C=O) groups is 2. The van der Waals surface area contributed by atoms with Gasteiger partial charge in [-0.3, -0.25) is 19.6 Å². The van der Waals surface area contributed by atoms with Gasteiger partial charge in [0.1, 0.15) is 0 Å². The molecule has 0 spiro atoms. The SMILES string of the molecule is Cc1ccc(C2C(C(=O)c3ccncc3)=C(O)C(=O)N2CCc2ccccn2)cc1. The molecule has 0 bridgehead atoms. The Hall–Kier alpha value is -3.80. The van der Waals surface area contributed by atoms with Crippen LogP contribution in [0.3, 0.4) is 0 Å². The Morgan fingerprint density at radius 3 is 2.43 bits per heavy atom. The first-order valence-corrected chi connectivity index (χ1v) is 9.71. The summed E-state index contributed by atoms with van der Waals surface area (Å²) in [5, 5.41) is 10.7. The maximum Gasteiger partial charge on any atom is 0.290 e. The van der Waals surface area contributed by atoms with Gasteiger partial charge in [0.2, 0.25) is 0 Å². The molecule has 2 aromatic heterocycles. The minimum atomic E-state index is -0.664. The maximum atomic E-state index is 13.2. The van der Waals surface area contributed by atoms with Crippen LogP contribution in [0.25, 0.3) is 0 Å². The van der Waals surface area contributed by atoms with Gasteiger partial charge < -0.3 is 10.0 Å². The summed E-state index contributed by atoms with van der Waals surface area (Å²) in [6.45, 7) is 2.30. The van der Waals surface area contributed by atoms with Crippen molar-refractivity contribution in [3.8, 4) is 0 Å². The van der Waals surface area contributed by atoms with E-state index in [2.05, 4.69) is 9.97 Å². The van der Waals surface area contributed by atoms with E-state index in [1.807, 2.05) is 49.4 Å². The molecule has 30 heavy (non-hydrogen) atoms. The van der Waals surface area contributed by atoms with Gasteiger partial charge in [-0.2, -0.15) is 0 Å². The molecule has 150 valence electrons. The molecule has 1 amide bonds. The number of benzene rings is 1. The standard InChI is InChI=1S/C24H21N3O3/c1-16-5-7-17(8-6-16)21-20(22(28)18-9-13-25-14-10-18)23(29)24(30)27(21)15-11-19-4-2-3-12-26-19/h2-10,12-14,21,29H,11,15H2,1H3. The van der Waals surface area contributed by atoms with Crippen molar-refractivity contribution < 1.29 is 14.7 Å². The van der Waals surface area contributed by atoms with Crippen LogP contribution in [0.5, 0.6) is 0 Å². The fraction of sp³-hybridized carbons (Fsp3) is 0.167. The van der Waals surface area contributed by atoms with Crippen LogP contribution in [-0.2, 0) is 11.2 Å². The average Bonchev–Trinajstić information content (AvgIpc) is 3.04. The Balaban J connectivity index is 1.72. The number of Topliss-reactive ketones (excluding diaryl/α,β-unsaturated/α-hetero) is 1. The number of aromatic nitrogens is 2. The quantitative estimate of drug-likeness (QED) is 0.640. The number of aliphatic hydroxyl groups excluding tert-OH is 1. The van der Waals surface area contributed by atoms with Crippen LogP contribution in [0.2, 0.25) is 0 Å². The lowest BCUT2D eigenvalue weighted by Gasteiger charge is -2.27. The Morgan fingerprint density at radius 2 is 1.77 bits per heavy atom. The van der Waals surface area contributed by atoms with Crippen molar-refractivity contribution in [1.82, 2.24) is 14.9 Å². The zero-order valence-electron chi connectivity index (χ0n) is 16.5. The topological polar surface area (TPSA) is 83.4 Å².